The fourth-order valence-corrected chi connectivity index (χ4v) is 2.85. The molecule has 0 aromatic carbocycles. The molecule has 2 N–H and O–H groups in total. The standard InChI is InChI=1S/C20H32ClN3O2/c1-5-15(12-23-13-16-6-8-17(21)9-7-16)14-24(11-10-18(22)25)19(26)20(2,3)4/h6,8-9,13,15-16H,5,7,10-12,14H2,1-4H3,(H2,22,25). The van der Waals surface area contributed by atoms with Crippen LogP contribution in [0.5, 0.6) is 0 Å². The van der Waals surface area contributed by atoms with Gasteiger partial charge in [-0.05, 0) is 24.8 Å². The molecule has 0 aromatic rings. The largest absolute Gasteiger partial charge is 0.370 e. The van der Waals surface area contributed by atoms with E-state index < -0.39 is 11.3 Å². The van der Waals surface area contributed by atoms with Gasteiger partial charge in [-0.1, -0.05) is 51.4 Å². The number of amides is 2. The lowest BCUT2D eigenvalue weighted by Gasteiger charge is -2.31. The minimum absolute atomic E-state index is 0.0381. The van der Waals surface area contributed by atoms with Crippen LogP contribution in [0.2, 0.25) is 0 Å². The Bertz CT molecular complexity index is 576. The van der Waals surface area contributed by atoms with Crippen LogP contribution in [-0.2, 0) is 9.59 Å². The van der Waals surface area contributed by atoms with Crippen LogP contribution in [0.3, 0.4) is 0 Å². The molecule has 6 heteroatoms. The van der Waals surface area contributed by atoms with Crippen molar-refractivity contribution < 1.29 is 9.59 Å². The zero-order valence-corrected chi connectivity index (χ0v) is 17.1. The summed E-state index contributed by atoms with van der Waals surface area (Å²) in [5.41, 5.74) is 4.78. The third-order valence-electron chi connectivity index (χ3n) is 4.36. The van der Waals surface area contributed by atoms with Gasteiger partial charge in [-0.2, -0.15) is 0 Å². The van der Waals surface area contributed by atoms with Crippen LogP contribution in [0.25, 0.3) is 0 Å². The van der Waals surface area contributed by atoms with Gasteiger partial charge in [0.2, 0.25) is 11.8 Å². The lowest BCUT2D eigenvalue weighted by Crippen LogP contribution is -2.44. The molecule has 0 aliphatic heterocycles. The molecule has 1 aliphatic carbocycles. The van der Waals surface area contributed by atoms with Crippen LogP contribution in [-0.4, -0.2) is 42.6 Å². The fourth-order valence-electron chi connectivity index (χ4n) is 2.69. The van der Waals surface area contributed by atoms with Crippen molar-refractivity contribution in [1.29, 1.82) is 0 Å². The molecule has 1 aliphatic rings. The summed E-state index contributed by atoms with van der Waals surface area (Å²) < 4.78 is 0. The highest BCUT2D eigenvalue weighted by Gasteiger charge is 2.28. The minimum Gasteiger partial charge on any atom is -0.370 e. The molecule has 0 saturated heterocycles. The zero-order valence-electron chi connectivity index (χ0n) is 16.4. The van der Waals surface area contributed by atoms with Crippen molar-refractivity contribution >= 4 is 29.6 Å². The van der Waals surface area contributed by atoms with E-state index in [-0.39, 0.29) is 24.2 Å². The summed E-state index contributed by atoms with van der Waals surface area (Å²) >= 11 is 5.92. The van der Waals surface area contributed by atoms with E-state index in [9.17, 15) is 9.59 Å². The summed E-state index contributed by atoms with van der Waals surface area (Å²) in [7, 11) is 0. The molecule has 0 heterocycles. The van der Waals surface area contributed by atoms with E-state index in [2.05, 4.69) is 18.0 Å². The highest BCUT2D eigenvalue weighted by Crippen LogP contribution is 2.20. The number of carbonyl (C=O) groups is 2. The Hall–Kier alpha value is -1.62. The maximum atomic E-state index is 12.7. The quantitative estimate of drug-likeness (QED) is 0.620. The topological polar surface area (TPSA) is 75.8 Å². The Morgan fingerprint density at radius 2 is 2.15 bits per heavy atom. The number of hydrogen-bond acceptors (Lipinski definition) is 3. The molecule has 0 fully saturated rings. The lowest BCUT2D eigenvalue weighted by atomic mass is 9.93. The van der Waals surface area contributed by atoms with Crippen molar-refractivity contribution in [2.75, 3.05) is 19.6 Å². The molecule has 146 valence electrons. The Balaban J connectivity index is 2.65. The average Bonchev–Trinajstić information content (AvgIpc) is 2.57. The summed E-state index contributed by atoms with van der Waals surface area (Å²) in [6.45, 7) is 9.36. The van der Waals surface area contributed by atoms with Gasteiger partial charge in [0, 0.05) is 48.6 Å². The molecule has 0 saturated carbocycles. The van der Waals surface area contributed by atoms with Gasteiger partial charge in [0.15, 0.2) is 0 Å². The molecule has 2 atom stereocenters. The third-order valence-corrected chi connectivity index (χ3v) is 4.64. The Morgan fingerprint density at radius 1 is 1.46 bits per heavy atom. The summed E-state index contributed by atoms with van der Waals surface area (Å²) in [4.78, 5) is 30.2. The van der Waals surface area contributed by atoms with Gasteiger partial charge < -0.3 is 10.6 Å². The minimum atomic E-state index is -0.488. The molecule has 2 unspecified atom stereocenters. The summed E-state index contributed by atoms with van der Waals surface area (Å²) in [5, 5.41) is 0.770. The van der Waals surface area contributed by atoms with Crippen molar-refractivity contribution in [2.45, 2.75) is 47.0 Å². The molecule has 1 rings (SSSR count). The van der Waals surface area contributed by atoms with E-state index in [1.54, 1.807) is 4.90 Å². The van der Waals surface area contributed by atoms with Gasteiger partial charge in [0.1, 0.15) is 0 Å². The first-order valence-corrected chi connectivity index (χ1v) is 9.62. The van der Waals surface area contributed by atoms with E-state index >= 15 is 0 Å². The SMILES string of the molecule is CCC(CN=CC1C=CC(Cl)=CC1)CN(CCC(N)=O)C(=O)C(C)(C)C. The molecule has 2 amide bonds. The number of carbonyl (C=O) groups excluding carboxylic acids is 2. The van der Waals surface area contributed by atoms with Crippen molar-refractivity contribution in [3.05, 3.63) is 23.3 Å². The maximum absolute atomic E-state index is 12.7. The second-order valence-corrected chi connectivity index (χ2v) is 8.29. The highest BCUT2D eigenvalue weighted by molar-refractivity contribution is 6.31. The second kappa shape index (κ2) is 10.5. The van der Waals surface area contributed by atoms with E-state index in [1.165, 1.54) is 0 Å². The van der Waals surface area contributed by atoms with Crippen LogP contribution in [0, 0.1) is 17.3 Å². The normalized spacial score (nSPS) is 18.7. The number of aliphatic imine (C=N–C) groups is 1. The van der Waals surface area contributed by atoms with Gasteiger partial charge in [-0.15, -0.1) is 0 Å². The van der Waals surface area contributed by atoms with E-state index in [0.29, 0.717) is 19.6 Å². The van der Waals surface area contributed by atoms with Gasteiger partial charge in [0.25, 0.3) is 0 Å². The van der Waals surface area contributed by atoms with E-state index in [0.717, 1.165) is 17.9 Å². The Labute approximate surface area is 162 Å². The number of rotatable bonds is 9. The number of primary amides is 1. The first-order valence-electron chi connectivity index (χ1n) is 9.25. The number of allylic oxidation sites excluding steroid dienone is 4. The van der Waals surface area contributed by atoms with Crippen LogP contribution in [0.15, 0.2) is 28.3 Å². The van der Waals surface area contributed by atoms with Crippen LogP contribution < -0.4 is 5.73 Å². The van der Waals surface area contributed by atoms with Crippen molar-refractivity contribution in [3.8, 4) is 0 Å². The fraction of sp³-hybridized carbons (Fsp3) is 0.650. The monoisotopic (exact) mass is 381 g/mol. The van der Waals surface area contributed by atoms with Gasteiger partial charge in [-0.3, -0.25) is 14.6 Å². The van der Waals surface area contributed by atoms with Crippen LogP contribution >= 0.6 is 11.6 Å². The first-order chi connectivity index (χ1) is 12.1. The Morgan fingerprint density at radius 3 is 2.65 bits per heavy atom. The van der Waals surface area contributed by atoms with Crippen molar-refractivity contribution in [2.24, 2.45) is 28.0 Å². The molecule has 0 radical (unpaired) electrons. The molecule has 0 aromatic heterocycles. The number of nitrogens with two attached hydrogens (primary N) is 1. The molecule has 5 nitrogen and oxygen atoms in total. The predicted molar refractivity (Wildman–Crippen MR) is 108 cm³/mol. The molecule has 0 spiro atoms. The van der Waals surface area contributed by atoms with Crippen LogP contribution in [0.4, 0.5) is 0 Å². The van der Waals surface area contributed by atoms with Crippen molar-refractivity contribution in [3.63, 3.8) is 0 Å². The average molecular weight is 382 g/mol. The van der Waals surface area contributed by atoms with E-state index in [1.807, 2.05) is 39.1 Å². The van der Waals surface area contributed by atoms with Gasteiger partial charge in [-0.25, -0.2) is 0 Å². The van der Waals surface area contributed by atoms with Gasteiger partial charge >= 0.3 is 0 Å². The lowest BCUT2D eigenvalue weighted by molar-refractivity contribution is -0.140. The maximum Gasteiger partial charge on any atom is 0.227 e. The smallest absolute Gasteiger partial charge is 0.227 e. The predicted octanol–water partition coefficient (Wildman–Crippen LogP) is 3.53. The first kappa shape index (κ1) is 22.4. The van der Waals surface area contributed by atoms with Crippen molar-refractivity contribution in [1.82, 2.24) is 4.90 Å². The van der Waals surface area contributed by atoms with Gasteiger partial charge in [0.05, 0.1) is 0 Å². The summed E-state index contributed by atoms with van der Waals surface area (Å²) in [5.74, 6) is 0.170. The highest BCUT2D eigenvalue weighted by atomic mass is 35.5. The summed E-state index contributed by atoms with van der Waals surface area (Å²) in [6.07, 6.45) is 9.85. The molecular formula is C20H32ClN3O2. The summed E-state index contributed by atoms with van der Waals surface area (Å²) in [6, 6.07) is 0. The number of hydrogen-bond donors (Lipinski definition) is 1. The second-order valence-electron chi connectivity index (χ2n) is 7.85. The number of halogens is 1. The number of nitrogens with zero attached hydrogens (tertiary/aromatic N) is 2. The van der Waals surface area contributed by atoms with Crippen LogP contribution in [0.1, 0.15) is 47.0 Å². The third kappa shape index (κ3) is 8.17. The zero-order chi connectivity index (χ0) is 19.7. The molecule has 0 bridgehead atoms. The molecule has 26 heavy (non-hydrogen) atoms. The molecular weight excluding hydrogens is 350 g/mol. The Kier molecular flexibility index (Phi) is 9.06. The van der Waals surface area contributed by atoms with E-state index in [4.69, 9.17) is 17.3 Å².